The van der Waals surface area contributed by atoms with E-state index in [1.54, 1.807) is 0 Å². The van der Waals surface area contributed by atoms with Gasteiger partial charge in [-0.2, -0.15) is 0 Å². The first kappa shape index (κ1) is 7.69. The van der Waals surface area contributed by atoms with Crippen molar-refractivity contribution in [2.75, 3.05) is 13.7 Å². The molecule has 3 nitrogen and oxygen atoms in total. The van der Waals surface area contributed by atoms with Crippen LogP contribution >= 0.6 is 0 Å². The van der Waals surface area contributed by atoms with Crippen molar-refractivity contribution in [2.24, 2.45) is 0 Å². The summed E-state index contributed by atoms with van der Waals surface area (Å²) in [6, 6.07) is 0. The quantitative estimate of drug-likeness (QED) is 0.537. The minimum atomic E-state index is -0.359. The van der Waals surface area contributed by atoms with Crippen LogP contribution in [0.2, 0.25) is 0 Å². The Morgan fingerprint density at radius 1 is 1.80 bits per heavy atom. The van der Waals surface area contributed by atoms with Gasteiger partial charge < -0.3 is 14.3 Å². The first-order valence-electron chi connectivity index (χ1n) is 3.48. The van der Waals surface area contributed by atoms with Crippen molar-refractivity contribution >= 4 is 6.29 Å². The zero-order valence-electron chi connectivity index (χ0n) is 6.08. The van der Waals surface area contributed by atoms with E-state index in [1.165, 1.54) is 7.11 Å². The van der Waals surface area contributed by atoms with E-state index in [0.29, 0.717) is 0 Å². The van der Waals surface area contributed by atoms with Crippen molar-refractivity contribution in [3.05, 3.63) is 0 Å². The highest BCUT2D eigenvalue weighted by atomic mass is 16.5. The summed E-state index contributed by atoms with van der Waals surface area (Å²) in [4.78, 5) is 10.3. The molecule has 0 radical (unpaired) electrons. The second kappa shape index (κ2) is 3.68. The third-order valence-electron chi connectivity index (χ3n) is 1.74. The van der Waals surface area contributed by atoms with E-state index in [9.17, 15) is 4.79 Å². The van der Waals surface area contributed by atoms with Crippen LogP contribution in [0, 0.1) is 0 Å². The molecule has 0 aromatic rings. The van der Waals surface area contributed by atoms with Gasteiger partial charge in [-0.25, -0.2) is 0 Å². The molecule has 0 N–H and O–H groups in total. The maximum Gasteiger partial charge on any atom is 0.151 e. The van der Waals surface area contributed by atoms with Crippen LogP contribution in [0.5, 0.6) is 0 Å². The van der Waals surface area contributed by atoms with E-state index in [0.717, 1.165) is 25.7 Å². The average molecular weight is 144 g/mol. The number of hydrogen-bond donors (Lipinski definition) is 0. The zero-order chi connectivity index (χ0) is 7.40. The van der Waals surface area contributed by atoms with Gasteiger partial charge in [0.15, 0.2) is 6.29 Å². The predicted molar refractivity (Wildman–Crippen MR) is 35.8 cm³/mol. The molecule has 1 rings (SSSR count). The molecule has 0 spiro atoms. The largest absolute Gasteiger partial charge is 0.375 e. The highest BCUT2D eigenvalue weighted by Gasteiger charge is 2.24. The number of aldehydes is 1. The van der Waals surface area contributed by atoms with Gasteiger partial charge >= 0.3 is 0 Å². The Morgan fingerprint density at radius 3 is 3.00 bits per heavy atom. The number of rotatable bonds is 3. The third-order valence-corrected chi connectivity index (χ3v) is 1.74. The maximum atomic E-state index is 10.3. The van der Waals surface area contributed by atoms with Crippen LogP contribution in [0.15, 0.2) is 0 Å². The summed E-state index contributed by atoms with van der Waals surface area (Å²) in [5.74, 6) is 0. The number of ether oxygens (including phenoxy) is 2. The minimum Gasteiger partial charge on any atom is -0.375 e. The molecule has 1 fully saturated rings. The molecule has 0 aliphatic carbocycles. The monoisotopic (exact) mass is 144 g/mol. The lowest BCUT2D eigenvalue weighted by Gasteiger charge is -2.14. The van der Waals surface area contributed by atoms with E-state index in [4.69, 9.17) is 9.47 Å². The zero-order valence-corrected chi connectivity index (χ0v) is 6.08. The number of carbonyl (C=O) groups excluding carboxylic acids is 1. The minimum absolute atomic E-state index is 0.00231. The first-order valence-corrected chi connectivity index (χ1v) is 3.48. The standard InChI is InChI=1S/C7H12O3/c1-9-7(5-8)6-3-2-4-10-6/h5-7H,2-4H2,1H3. The lowest BCUT2D eigenvalue weighted by atomic mass is 10.1. The Morgan fingerprint density at radius 2 is 2.60 bits per heavy atom. The fourth-order valence-corrected chi connectivity index (χ4v) is 1.16. The van der Waals surface area contributed by atoms with Crippen LogP contribution in [0.3, 0.4) is 0 Å². The summed E-state index contributed by atoms with van der Waals surface area (Å²) in [7, 11) is 1.53. The number of hydrogen-bond acceptors (Lipinski definition) is 3. The topological polar surface area (TPSA) is 35.5 Å². The molecule has 0 bridgehead atoms. The lowest BCUT2D eigenvalue weighted by molar-refractivity contribution is -0.123. The van der Waals surface area contributed by atoms with Crippen molar-refractivity contribution in [1.29, 1.82) is 0 Å². The van der Waals surface area contributed by atoms with E-state index >= 15 is 0 Å². The molecule has 1 heterocycles. The SMILES string of the molecule is COC(C=O)C1CCCO1. The molecule has 0 aromatic heterocycles. The van der Waals surface area contributed by atoms with Gasteiger partial charge in [0.25, 0.3) is 0 Å². The highest BCUT2D eigenvalue weighted by Crippen LogP contribution is 2.15. The Balaban J connectivity index is 2.36. The fourth-order valence-electron chi connectivity index (χ4n) is 1.16. The Hall–Kier alpha value is -0.410. The average Bonchev–Trinajstić information content (AvgIpc) is 2.43. The van der Waals surface area contributed by atoms with Gasteiger partial charge in [-0.1, -0.05) is 0 Å². The molecular weight excluding hydrogens is 132 g/mol. The molecule has 0 aromatic carbocycles. The van der Waals surface area contributed by atoms with Gasteiger partial charge in [-0.15, -0.1) is 0 Å². The van der Waals surface area contributed by atoms with Crippen LogP contribution in [-0.2, 0) is 14.3 Å². The van der Waals surface area contributed by atoms with Crippen LogP contribution in [0.4, 0.5) is 0 Å². The molecule has 0 saturated carbocycles. The van der Waals surface area contributed by atoms with E-state index < -0.39 is 0 Å². The number of methoxy groups -OCH3 is 1. The van der Waals surface area contributed by atoms with Crippen LogP contribution in [0.25, 0.3) is 0 Å². The van der Waals surface area contributed by atoms with E-state index in [1.807, 2.05) is 0 Å². The van der Waals surface area contributed by atoms with Gasteiger partial charge in [0.05, 0.1) is 6.10 Å². The van der Waals surface area contributed by atoms with Gasteiger partial charge in [-0.05, 0) is 12.8 Å². The summed E-state index contributed by atoms with van der Waals surface area (Å²) in [5, 5.41) is 0. The van der Waals surface area contributed by atoms with Crippen LogP contribution in [0.1, 0.15) is 12.8 Å². The summed E-state index contributed by atoms with van der Waals surface area (Å²) in [6.45, 7) is 0.762. The van der Waals surface area contributed by atoms with Crippen molar-refractivity contribution in [2.45, 2.75) is 25.0 Å². The second-order valence-corrected chi connectivity index (χ2v) is 2.39. The lowest BCUT2D eigenvalue weighted by Crippen LogP contribution is -2.28. The van der Waals surface area contributed by atoms with Crippen molar-refractivity contribution in [1.82, 2.24) is 0 Å². The molecule has 2 unspecified atom stereocenters. The molecule has 3 heteroatoms. The van der Waals surface area contributed by atoms with E-state index in [2.05, 4.69) is 0 Å². The first-order chi connectivity index (χ1) is 4.88. The summed E-state index contributed by atoms with van der Waals surface area (Å²) >= 11 is 0. The molecule has 2 atom stereocenters. The Bertz CT molecular complexity index is 107. The summed E-state index contributed by atoms with van der Waals surface area (Å²) in [6.07, 6.45) is 2.43. The van der Waals surface area contributed by atoms with Gasteiger partial charge in [0.2, 0.25) is 0 Å². The number of carbonyl (C=O) groups is 1. The normalized spacial score (nSPS) is 28.3. The summed E-state index contributed by atoms with van der Waals surface area (Å²) in [5.41, 5.74) is 0. The summed E-state index contributed by atoms with van der Waals surface area (Å²) < 4.78 is 10.1. The molecule has 1 saturated heterocycles. The van der Waals surface area contributed by atoms with Crippen molar-refractivity contribution in [3.63, 3.8) is 0 Å². The fraction of sp³-hybridized carbons (Fsp3) is 0.857. The molecule has 10 heavy (non-hydrogen) atoms. The predicted octanol–water partition coefficient (Wildman–Crippen LogP) is 0.379. The molecule has 0 amide bonds. The van der Waals surface area contributed by atoms with Crippen LogP contribution < -0.4 is 0 Å². The van der Waals surface area contributed by atoms with Gasteiger partial charge in [0.1, 0.15) is 6.10 Å². The van der Waals surface area contributed by atoms with Crippen molar-refractivity contribution in [3.8, 4) is 0 Å². The van der Waals surface area contributed by atoms with Gasteiger partial charge in [-0.3, -0.25) is 0 Å². The third kappa shape index (κ3) is 1.55. The molecular formula is C7H12O3. The Labute approximate surface area is 60.3 Å². The highest BCUT2D eigenvalue weighted by molar-refractivity contribution is 5.57. The van der Waals surface area contributed by atoms with E-state index in [-0.39, 0.29) is 12.2 Å². The molecule has 1 aliphatic rings. The van der Waals surface area contributed by atoms with Crippen molar-refractivity contribution < 1.29 is 14.3 Å². The second-order valence-electron chi connectivity index (χ2n) is 2.39. The maximum absolute atomic E-state index is 10.3. The smallest absolute Gasteiger partial charge is 0.151 e. The molecule has 1 aliphatic heterocycles. The Kier molecular flexibility index (Phi) is 2.83. The van der Waals surface area contributed by atoms with Gasteiger partial charge in [0, 0.05) is 13.7 Å². The van der Waals surface area contributed by atoms with Crippen LogP contribution in [-0.4, -0.2) is 32.2 Å². The molecule has 58 valence electrons.